The molecule has 0 aliphatic carbocycles. The van der Waals surface area contributed by atoms with Gasteiger partial charge in [0.25, 0.3) is 0 Å². The van der Waals surface area contributed by atoms with Gasteiger partial charge in [-0.15, -0.1) is 24.0 Å². The van der Waals surface area contributed by atoms with Gasteiger partial charge in [-0.3, -0.25) is 0 Å². The smallest absolute Gasteiger partial charge is 0.191 e. The maximum atomic E-state index is 5.49. The number of aliphatic imine (C=N–C) groups is 1. The van der Waals surface area contributed by atoms with Crippen LogP contribution >= 0.6 is 24.0 Å². The van der Waals surface area contributed by atoms with Crippen LogP contribution in [0.3, 0.4) is 0 Å². The molecule has 0 atom stereocenters. The van der Waals surface area contributed by atoms with Crippen molar-refractivity contribution >= 4 is 29.9 Å². The van der Waals surface area contributed by atoms with E-state index in [1.165, 1.54) is 0 Å². The number of methoxy groups -OCH3 is 5. The Bertz CT molecular complexity index is 861. The number of hydrogen-bond donors (Lipinski definition) is 2. The summed E-state index contributed by atoms with van der Waals surface area (Å²) in [7, 11) is 8.08. The lowest BCUT2D eigenvalue weighted by molar-refractivity contribution is 0.347. The SMILES string of the molecule is CCNC(=NCc1cc(OC)c(OC)cc1OC)NCc1ccc(OC)cc1OC.I. The molecule has 2 aromatic rings. The van der Waals surface area contributed by atoms with Crippen LogP contribution in [0.1, 0.15) is 18.1 Å². The van der Waals surface area contributed by atoms with Crippen molar-refractivity contribution in [1.29, 1.82) is 0 Å². The van der Waals surface area contributed by atoms with Gasteiger partial charge in [-0.1, -0.05) is 0 Å². The van der Waals surface area contributed by atoms with E-state index < -0.39 is 0 Å². The fourth-order valence-corrected chi connectivity index (χ4v) is 2.90. The van der Waals surface area contributed by atoms with Gasteiger partial charge in [-0.25, -0.2) is 4.99 Å². The number of guanidine groups is 1. The Labute approximate surface area is 201 Å². The molecule has 0 aromatic heterocycles. The zero-order valence-corrected chi connectivity index (χ0v) is 21.2. The van der Waals surface area contributed by atoms with Gasteiger partial charge in [0, 0.05) is 36.3 Å². The summed E-state index contributed by atoms with van der Waals surface area (Å²) in [5.41, 5.74) is 1.88. The van der Waals surface area contributed by atoms with Crippen molar-refractivity contribution in [2.24, 2.45) is 4.99 Å². The lowest BCUT2D eigenvalue weighted by Gasteiger charge is -2.15. The summed E-state index contributed by atoms with van der Waals surface area (Å²) in [4.78, 5) is 4.68. The van der Waals surface area contributed by atoms with Crippen LogP contribution in [0.5, 0.6) is 28.7 Å². The Morgan fingerprint density at radius 3 is 1.94 bits per heavy atom. The summed E-state index contributed by atoms with van der Waals surface area (Å²) >= 11 is 0. The van der Waals surface area contributed by atoms with Gasteiger partial charge in [-0.2, -0.15) is 0 Å². The Balaban J connectivity index is 0.00000480. The fraction of sp³-hybridized carbons (Fsp3) is 0.409. The minimum absolute atomic E-state index is 0. The zero-order valence-electron chi connectivity index (χ0n) is 18.9. The van der Waals surface area contributed by atoms with Gasteiger partial charge in [0.05, 0.1) is 42.1 Å². The first-order valence-corrected chi connectivity index (χ1v) is 9.62. The fourth-order valence-electron chi connectivity index (χ4n) is 2.90. The zero-order chi connectivity index (χ0) is 21.9. The van der Waals surface area contributed by atoms with Crippen LogP contribution in [-0.2, 0) is 13.1 Å². The molecular weight excluding hydrogens is 513 g/mol. The normalized spacial score (nSPS) is 10.6. The highest BCUT2D eigenvalue weighted by molar-refractivity contribution is 14.0. The summed E-state index contributed by atoms with van der Waals surface area (Å²) in [5.74, 6) is 4.09. The van der Waals surface area contributed by atoms with E-state index in [1.807, 2.05) is 31.2 Å². The van der Waals surface area contributed by atoms with Crippen LogP contribution in [0.15, 0.2) is 35.3 Å². The van der Waals surface area contributed by atoms with Gasteiger partial charge >= 0.3 is 0 Å². The van der Waals surface area contributed by atoms with Crippen LogP contribution in [0, 0.1) is 0 Å². The molecule has 0 saturated carbocycles. The minimum atomic E-state index is 0. The molecule has 8 nitrogen and oxygen atoms in total. The second-order valence-corrected chi connectivity index (χ2v) is 6.25. The molecule has 2 rings (SSSR count). The molecule has 31 heavy (non-hydrogen) atoms. The Morgan fingerprint density at radius 1 is 0.742 bits per heavy atom. The second kappa shape index (κ2) is 13.7. The molecular formula is C22H32IN3O5. The lowest BCUT2D eigenvalue weighted by Crippen LogP contribution is -2.36. The number of nitrogens with one attached hydrogen (secondary N) is 2. The van der Waals surface area contributed by atoms with E-state index in [-0.39, 0.29) is 24.0 Å². The number of nitrogens with zero attached hydrogens (tertiary/aromatic N) is 1. The number of halogens is 1. The van der Waals surface area contributed by atoms with E-state index in [2.05, 4.69) is 15.6 Å². The molecule has 172 valence electrons. The van der Waals surface area contributed by atoms with Gasteiger partial charge in [-0.05, 0) is 25.1 Å². The molecule has 0 bridgehead atoms. The molecule has 0 saturated heterocycles. The van der Waals surface area contributed by atoms with Gasteiger partial charge in [0.15, 0.2) is 17.5 Å². The van der Waals surface area contributed by atoms with Crippen molar-refractivity contribution in [2.75, 3.05) is 42.1 Å². The summed E-state index contributed by atoms with van der Waals surface area (Å²) in [6.45, 7) is 3.69. The Hall–Kier alpha value is -2.56. The van der Waals surface area contributed by atoms with E-state index in [9.17, 15) is 0 Å². The average molecular weight is 545 g/mol. The van der Waals surface area contributed by atoms with E-state index in [1.54, 1.807) is 41.6 Å². The molecule has 0 fully saturated rings. The molecule has 2 aromatic carbocycles. The van der Waals surface area contributed by atoms with Crippen molar-refractivity contribution in [3.05, 3.63) is 41.5 Å². The predicted molar refractivity (Wildman–Crippen MR) is 133 cm³/mol. The molecule has 9 heteroatoms. The first kappa shape index (κ1) is 26.5. The van der Waals surface area contributed by atoms with Gasteiger partial charge < -0.3 is 34.3 Å². The Kier molecular flexibility index (Phi) is 11.7. The maximum absolute atomic E-state index is 5.49. The monoisotopic (exact) mass is 545 g/mol. The second-order valence-electron chi connectivity index (χ2n) is 6.25. The third kappa shape index (κ3) is 7.27. The summed E-state index contributed by atoms with van der Waals surface area (Å²) in [5, 5.41) is 6.58. The molecule has 2 N–H and O–H groups in total. The van der Waals surface area contributed by atoms with Crippen LogP contribution in [0.2, 0.25) is 0 Å². The molecule has 0 heterocycles. The highest BCUT2D eigenvalue weighted by atomic mass is 127. The van der Waals surface area contributed by atoms with Crippen molar-refractivity contribution in [3.63, 3.8) is 0 Å². The maximum Gasteiger partial charge on any atom is 0.191 e. The topological polar surface area (TPSA) is 82.6 Å². The van der Waals surface area contributed by atoms with E-state index >= 15 is 0 Å². The number of hydrogen-bond acceptors (Lipinski definition) is 6. The highest BCUT2D eigenvalue weighted by Crippen LogP contribution is 2.35. The third-order valence-corrected chi connectivity index (χ3v) is 4.48. The van der Waals surface area contributed by atoms with Crippen molar-refractivity contribution in [2.45, 2.75) is 20.0 Å². The summed E-state index contributed by atoms with van der Waals surface area (Å²) in [6.07, 6.45) is 0. The predicted octanol–water partition coefficient (Wildman–Crippen LogP) is 3.60. The van der Waals surface area contributed by atoms with Crippen LogP contribution in [0.4, 0.5) is 0 Å². The van der Waals surface area contributed by atoms with Crippen LogP contribution in [-0.4, -0.2) is 48.1 Å². The minimum Gasteiger partial charge on any atom is -0.497 e. The van der Waals surface area contributed by atoms with E-state index in [4.69, 9.17) is 23.7 Å². The highest BCUT2D eigenvalue weighted by Gasteiger charge is 2.12. The van der Waals surface area contributed by atoms with Gasteiger partial charge in [0.2, 0.25) is 0 Å². The summed E-state index contributed by atoms with van der Waals surface area (Å²) in [6, 6.07) is 9.39. The first-order valence-electron chi connectivity index (χ1n) is 9.62. The number of rotatable bonds is 10. The molecule has 0 aliphatic heterocycles. The van der Waals surface area contributed by atoms with Gasteiger partial charge in [0.1, 0.15) is 17.2 Å². The summed E-state index contributed by atoms with van der Waals surface area (Å²) < 4.78 is 26.9. The van der Waals surface area contributed by atoms with Crippen LogP contribution < -0.4 is 34.3 Å². The molecule has 0 unspecified atom stereocenters. The number of ether oxygens (including phenoxy) is 5. The lowest BCUT2D eigenvalue weighted by atomic mass is 10.1. The number of benzene rings is 2. The first-order chi connectivity index (χ1) is 14.6. The van der Waals surface area contributed by atoms with Crippen molar-refractivity contribution < 1.29 is 23.7 Å². The van der Waals surface area contributed by atoms with Crippen molar-refractivity contribution in [3.8, 4) is 28.7 Å². The molecule has 0 amide bonds. The molecule has 0 radical (unpaired) electrons. The largest absolute Gasteiger partial charge is 0.497 e. The quantitative estimate of drug-likeness (QED) is 0.268. The third-order valence-electron chi connectivity index (χ3n) is 4.48. The Morgan fingerprint density at radius 2 is 1.35 bits per heavy atom. The molecule has 0 aliphatic rings. The molecule has 0 spiro atoms. The van der Waals surface area contributed by atoms with Crippen molar-refractivity contribution in [1.82, 2.24) is 10.6 Å². The van der Waals surface area contributed by atoms with E-state index in [0.717, 1.165) is 29.2 Å². The van der Waals surface area contributed by atoms with Crippen LogP contribution in [0.25, 0.3) is 0 Å². The standard InChI is InChI=1S/C22H31N3O5.HI/c1-7-23-22(24-13-15-8-9-17(26-2)11-18(15)27-3)25-14-16-10-20(29-5)21(30-6)12-19(16)28-4;/h8-12H,7,13-14H2,1-6H3,(H2,23,24,25);1H. The van der Waals surface area contributed by atoms with E-state index in [0.29, 0.717) is 36.3 Å². The average Bonchev–Trinajstić information content (AvgIpc) is 2.79.